The molecule has 0 heterocycles. The molecule has 3 N–H and O–H groups in total. The summed E-state index contributed by atoms with van der Waals surface area (Å²) in [5.41, 5.74) is 1.86. The minimum atomic E-state index is -0.995. The Kier molecular flexibility index (Phi) is 5.55. The third-order valence-electron chi connectivity index (χ3n) is 3.00. The predicted octanol–water partition coefficient (Wildman–Crippen LogP) is 3.51. The van der Waals surface area contributed by atoms with E-state index in [4.69, 9.17) is 5.11 Å². The fourth-order valence-corrected chi connectivity index (χ4v) is 2.11. The summed E-state index contributed by atoms with van der Waals surface area (Å²) in [5, 5.41) is 14.2. The first-order valence-corrected chi connectivity index (χ1v) is 7.46. The number of carboxylic acid groups (broad SMARTS) is 1. The maximum atomic E-state index is 11.7. The molecule has 0 fully saturated rings. The highest BCUT2D eigenvalue weighted by atomic mass is 79.9. The van der Waals surface area contributed by atoms with Crippen molar-refractivity contribution in [2.75, 3.05) is 11.9 Å². The third kappa shape index (κ3) is 4.89. The molecule has 2 aromatic carbocycles. The Labute approximate surface area is 136 Å². The van der Waals surface area contributed by atoms with Crippen molar-refractivity contribution in [2.45, 2.75) is 6.42 Å². The van der Waals surface area contributed by atoms with Gasteiger partial charge in [-0.3, -0.25) is 0 Å². The molecule has 0 aromatic heterocycles. The predicted molar refractivity (Wildman–Crippen MR) is 88.3 cm³/mol. The van der Waals surface area contributed by atoms with Crippen molar-refractivity contribution in [1.29, 1.82) is 0 Å². The molecule has 2 rings (SSSR count). The van der Waals surface area contributed by atoms with Crippen LogP contribution in [0.3, 0.4) is 0 Å². The number of benzene rings is 2. The summed E-state index contributed by atoms with van der Waals surface area (Å²) < 4.78 is 1.02. The van der Waals surface area contributed by atoms with Gasteiger partial charge in [-0.15, -0.1) is 0 Å². The van der Waals surface area contributed by atoms with Gasteiger partial charge in [-0.05, 0) is 48.4 Å². The highest BCUT2D eigenvalue weighted by Crippen LogP contribution is 2.11. The van der Waals surface area contributed by atoms with Gasteiger partial charge in [0.05, 0.1) is 5.56 Å². The van der Waals surface area contributed by atoms with Crippen LogP contribution in [0, 0.1) is 0 Å². The fourth-order valence-electron chi connectivity index (χ4n) is 1.84. The van der Waals surface area contributed by atoms with Crippen molar-refractivity contribution in [3.8, 4) is 0 Å². The Bertz CT molecular complexity index is 654. The molecule has 0 saturated heterocycles. The van der Waals surface area contributed by atoms with Crippen molar-refractivity contribution in [3.63, 3.8) is 0 Å². The van der Waals surface area contributed by atoms with Gasteiger partial charge in [-0.25, -0.2) is 9.59 Å². The highest BCUT2D eigenvalue weighted by Gasteiger charge is 2.04. The Morgan fingerprint density at radius 3 is 2.23 bits per heavy atom. The van der Waals surface area contributed by atoms with Crippen molar-refractivity contribution < 1.29 is 14.7 Å². The molecular formula is C16H15BrN2O3. The molecule has 5 nitrogen and oxygen atoms in total. The van der Waals surface area contributed by atoms with Gasteiger partial charge in [0.1, 0.15) is 0 Å². The van der Waals surface area contributed by atoms with E-state index in [1.807, 2.05) is 24.3 Å². The Hall–Kier alpha value is -2.34. The van der Waals surface area contributed by atoms with E-state index in [9.17, 15) is 9.59 Å². The summed E-state index contributed by atoms with van der Waals surface area (Å²) in [6.45, 7) is 0.515. The van der Waals surface area contributed by atoms with Gasteiger partial charge in [0.25, 0.3) is 0 Å². The average molecular weight is 363 g/mol. The zero-order chi connectivity index (χ0) is 15.9. The van der Waals surface area contributed by atoms with Gasteiger partial charge in [-0.1, -0.05) is 28.1 Å². The molecule has 0 unspecified atom stereocenters. The monoisotopic (exact) mass is 362 g/mol. The van der Waals surface area contributed by atoms with Crippen molar-refractivity contribution >= 4 is 33.6 Å². The summed E-state index contributed by atoms with van der Waals surface area (Å²) in [5.74, 6) is -0.995. The quantitative estimate of drug-likeness (QED) is 0.761. The number of nitrogens with one attached hydrogen (secondary N) is 2. The highest BCUT2D eigenvalue weighted by molar-refractivity contribution is 9.10. The van der Waals surface area contributed by atoms with Crippen LogP contribution in [0.25, 0.3) is 0 Å². The molecule has 114 valence electrons. The average Bonchev–Trinajstić information content (AvgIpc) is 2.50. The molecule has 0 radical (unpaired) electrons. The summed E-state index contributed by atoms with van der Waals surface area (Å²) in [6, 6.07) is 13.6. The van der Waals surface area contributed by atoms with Crippen LogP contribution >= 0.6 is 15.9 Å². The number of halogens is 1. The maximum absolute atomic E-state index is 11.7. The summed E-state index contributed by atoms with van der Waals surface area (Å²) in [7, 11) is 0. The van der Waals surface area contributed by atoms with Crippen LogP contribution in [0.5, 0.6) is 0 Å². The molecule has 0 aliphatic carbocycles. The van der Waals surface area contributed by atoms with Crippen LogP contribution in [0.15, 0.2) is 53.0 Å². The fraction of sp³-hybridized carbons (Fsp3) is 0.125. The second kappa shape index (κ2) is 7.61. The molecule has 0 saturated carbocycles. The number of carbonyl (C=O) groups is 2. The Balaban J connectivity index is 1.77. The summed E-state index contributed by atoms with van der Waals surface area (Å²) >= 11 is 3.37. The van der Waals surface area contributed by atoms with Gasteiger partial charge in [0.15, 0.2) is 0 Å². The Morgan fingerprint density at radius 2 is 1.64 bits per heavy atom. The standard InChI is InChI=1S/C16H15BrN2O3/c17-13-5-1-11(2-6-13)9-10-18-16(22)19-14-7-3-12(4-8-14)15(20)21/h1-8H,9-10H2,(H,20,21)(H2,18,19,22). The molecule has 0 spiro atoms. The zero-order valence-corrected chi connectivity index (χ0v) is 13.3. The van der Waals surface area contributed by atoms with E-state index < -0.39 is 5.97 Å². The molecule has 0 aliphatic heterocycles. The van der Waals surface area contributed by atoms with Crippen LogP contribution in [-0.2, 0) is 6.42 Å². The first-order chi connectivity index (χ1) is 10.5. The lowest BCUT2D eigenvalue weighted by atomic mass is 10.1. The van der Waals surface area contributed by atoms with Gasteiger partial charge in [-0.2, -0.15) is 0 Å². The first kappa shape index (κ1) is 16.0. The number of carbonyl (C=O) groups excluding carboxylic acids is 1. The molecular weight excluding hydrogens is 348 g/mol. The number of hydrogen-bond donors (Lipinski definition) is 3. The van der Waals surface area contributed by atoms with Crippen LogP contribution in [-0.4, -0.2) is 23.7 Å². The smallest absolute Gasteiger partial charge is 0.335 e. The molecule has 2 amide bonds. The van der Waals surface area contributed by atoms with E-state index >= 15 is 0 Å². The van der Waals surface area contributed by atoms with Gasteiger partial charge in [0.2, 0.25) is 0 Å². The lowest BCUT2D eigenvalue weighted by molar-refractivity contribution is 0.0697. The number of anilines is 1. The second-order valence-corrected chi connectivity index (χ2v) is 5.56. The minimum absolute atomic E-state index is 0.182. The lowest BCUT2D eigenvalue weighted by Crippen LogP contribution is -2.30. The molecule has 6 heteroatoms. The van der Waals surface area contributed by atoms with E-state index in [2.05, 4.69) is 26.6 Å². The van der Waals surface area contributed by atoms with Crippen LogP contribution in [0.4, 0.5) is 10.5 Å². The van der Waals surface area contributed by atoms with Crippen LogP contribution in [0.2, 0.25) is 0 Å². The third-order valence-corrected chi connectivity index (χ3v) is 3.53. The van der Waals surface area contributed by atoms with Gasteiger partial charge in [0, 0.05) is 16.7 Å². The van der Waals surface area contributed by atoms with Gasteiger partial charge < -0.3 is 15.7 Å². The van der Waals surface area contributed by atoms with Crippen molar-refractivity contribution in [2.24, 2.45) is 0 Å². The van der Waals surface area contributed by atoms with E-state index in [0.717, 1.165) is 16.5 Å². The Morgan fingerprint density at radius 1 is 1.00 bits per heavy atom. The molecule has 0 bridgehead atoms. The van der Waals surface area contributed by atoms with Gasteiger partial charge >= 0.3 is 12.0 Å². The zero-order valence-electron chi connectivity index (χ0n) is 11.7. The second-order valence-electron chi connectivity index (χ2n) is 4.64. The molecule has 22 heavy (non-hydrogen) atoms. The van der Waals surface area contributed by atoms with Crippen LogP contribution < -0.4 is 10.6 Å². The number of amides is 2. The molecule has 0 atom stereocenters. The topological polar surface area (TPSA) is 78.4 Å². The number of aromatic carboxylic acids is 1. The number of urea groups is 1. The van der Waals surface area contributed by atoms with Crippen LogP contribution in [0.1, 0.15) is 15.9 Å². The van der Waals surface area contributed by atoms with Crippen molar-refractivity contribution in [3.05, 3.63) is 64.1 Å². The number of carboxylic acids is 1. The number of rotatable bonds is 5. The van der Waals surface area contributed by atoms with E-state index in [-0.39, 0.29) is 11.6 Å². The van der Waals surface area contributed by atoms with E-state index in [0.29, 0.717) is 12.2 Å². The maximum Gasteiger partial charge on any atom is 0.335 e. The SMILES string of the molecule is O=C(NCCc1ccc(Br)cc1)Nc1ccc(C(=O)O)cc1. The first-order valence-electron chi connectivity index (χ1n) is 6.67. The summed E-state index contributed by atoms with van der Waals surface area (Å²) in [4.78, 5) is 22.5. The lowest BCUT2D eigenvalue weighted by Gasteiger charge is -2.08. The largest absolute Gasteiger partial charge is 0.478 e. The van der Waals surface area contributed by atoms with E-state index in [1.165, 1.54) is 12.1 Å². The molecule has 2 aromatic rings. The normalized spacial score (nSPS) is 10.0. The minimum Gasteiger partial charge on any atom is -0.478 e. The molecule has 0 aliphatic rings. The summed E-state index contributed by atoms with van der Waals surface area (Å²) in [6.07, 6.45) is 0.735. The number of hydrogen-bond acceptors (Lipinski definition) is 2. The van der Waals surface area contributed by atoms with Crippen molar-refractivity contribution in [1.82, 2.24) is 5.32 Å². The van der Waals surface area contributed by atoms with E-state index in [1.54, 1.807) is 12.1 Å².